The molecule has 0 aliphatic rings. The minimum absolute atomic E-state index is 0.0751. The fraction of sp³-hybridized carbons (Fsp3) is 0.500. The molecule has 0 bridgehead atoms. The summed E-state index contributed by atoms with van der Waals surface area (Å²) in [7, 11) is 1.60. The number of aliphatic carboxylic acids is 1. The number of azide groups is 1. The maximum atomic E-state index is 10.6. The van der Waals surface area contributed by atoms with Gasteiger partial charge in [-0.15, -0.1) is 0 Å². The summed E-state index contributed by atoms with van der Waals surface area (Å²) in [6, 6.07) is 3.43. The number of rotatable bonds is 7. The monoisotopic (exact) mass is 277 g/mol. The first-order valence-corrected chi connectivity index (χ1v) is 6.40. The summed E-state index contributed by atoms with van der Waals surface area (Å²) in [6.07, 6.45) is 1.07. The molecular weight excluding hydrogens is 258 g/mol. The number of methoxy groups -OCH3 is 1. The van der Waals surface area contributed by atoms with Crippen LogP contribution in [0.5, 0.6) is 5.75 Å². The van der Waals surface area contributed by atoms with Gasteiger partial charge in [-0.2, -0.15) is 0 Å². The van der Waals surface area contributed by atoms with E-state index in [2.05, 4.69) is 10.0 Å². The van der Waals surface area contributed by atoms with E-state index < -0.39 is 5.97 Å². The van der Waals surface area contributed by atoms with Crippen molar-refractivity contribution in [1.29, 1.82) is 0 Å². The average molecular weight is 277 g/mol. The van der Waals surface area contributed by atoms with Crippen LogP contribution in [0.15, 0.2) is 17.2 Å². The van der Waals surface area contributed by atoms with Crippen molar-refractivity contribution in [2.75, 3.05) is 7.11 Å². The van der Waals surface area contributed by atoms with Crippen LogP contribution < -0.4 is 4.74 Å². The summed E-state index contributed by atoms with van der Waals surface area (Å²) in [6.45, 7) is 3.86. The fourth-order valence-corrected chi connectivity index (χ4v) is 2.35. The topological polar surface area (TPSA) is 95.3 Å². The van der Waals surface area contributed by atoms with Crippen molar-refractivity contribution in [2.45, 2.75) is 39.2 Å². The summed E-state index contributed by atoms with van der Waals surface area (Å²) in [5, 5.41) is 12.5. The number of benzene rings is 1. The van der Waals surface area contributed by atoms with Gasteiger partial charge in [-0.05, 0) is 61.0 Å². The second kappa shape index (κ2) is 7.40. The van der Waals surface area contributed by atoms with E-state index in [1.54, 1.807) is 7.11 Å². The minimum atomic E-state index is -0.840. The number of ether oxygens (including phenoxy) is 1. The summed E-state index contributed by atoms with van der Waals surface area (Å²) in [5.41, 5.74) is 11.6. The molecule has 108 valence electrons. The first-order chi connectivity index (χ1) is 9.49. The Morgan fingerprint density at radius 3 is 2.50 bits per heavy atom. The molecule has 1 unspecified atom stereocenters. The Bertz CT molecular complexity index is 513. The molecule has 1 aromatic rings. The lowest BCUT2D eigenvalue weighted by Gasteiger charge is -2.18. The number of hydrogen-bond donors (Lipinski definition) is 1. The van der Waals surface area contributed by atoms with Gasteiger partial charge in [0, 0.05) is 11.3 Å². The van der Waals surface area contributed by atoms with Crippen molar-refractivity contribution >= 4 is 5.97 Å². The summed E-state index contributed by atoms with van der Waals surface area (Å²) < 4.78 is 5.20. The lowest BCUT2D eigenvalue weighted by molar-refractivity contribution is -0.137. The van der Waals surface area contributed by atoms with Gasteiger partial charge in [0.25, 0.3) is 0 Å². The molecule has 0 spiro atoms. The molecule has 1 N–H and O–H groups in total. The van der Waals surface area contributed by atoms with Crippen molar-refractivity contribution in [2.24, 2.45) is 5.11 Å². The van der Waals surface area contributed by atoms with E-state index in [1.165, 1.54) is 0 Å². The fourth-order valence-electron chi connectivity index (χ4n) is 2.35. The molecule has 0 aliphatic heterocycles. The number of carboxylic acid groups (broad SMARTS) is 1. The largest absolute Gasteiger partial charge is 0.497 e. The molecule has 20 heavy (non-hydrogen) atoms. The van der Waals surface area contributed by atoms with E-state index in [-0.39, 0.29) is 12.5 Å². The number of aryl methyl sites for hydroxylation is 2. The highest BCUT2D eigenvalue weighted by Gasteiger charge is 2.16. The third kappa shape index (κ3) is 4.17. The highest BCUT2D eigenvalue weighted by Crippen LogP contribution is 2.32. The highest BCUT2D eigenvalue weighted by atomic mass is 16.5. The van der Waals surface area contributed by atoms with Crippen LogP contribution in [0.3, 0.4) is 0 Å². The highest BCUT2D eigenvalue weighted by molar-refractivity contribution is 5.66. The molecule has 0 fully saturated rings. The maximum Gasteiger partial charge on any atom is 0.303 e. The standard InChI is InChI=1S/C14H19N3O3/c1-9-7-11(20-3)8-10(2)14(9)12(16-17-15)5-4-6-13(18)19/h7-8,12H,4-6H2,1-3H3,(H,18,19). The molecule has 1 aromatic carbocycles. The van der Waals surface area contributed by atoms with Gasteiger partial charge in [0.15, 0.2) is 0 Å². The minimum Gasteiger partial charge on any atom is -0.497 e. The van der Waals surface area contributed by atoms with Gasteiger partial charge >= 0.3 is 5.97 Å². The van der Waals surface area contributed by atoms with Crippen molar-refractivity contribution in [1.82, 2.24) is 0 Å². The maximum absolute atomic E-state index is 10.6. The van der Waals surface area contributed by atoms with Gasteiger partial charge in [0.2, 0.25) is 0 Å². The van der Waals surface area contributed by atoms with E-state index in [9.17, 15) is 4.79 Å². The van der Waals surface area contributed by atoms with Gasteiger partial charge in [-0.25, -0.2) is 0 Å². The van der Waals surface area contributed by atoms with Gasteiger partial charge in [0.1, 0.15) is 5.75 Å². The molecule has 0 amide bonds. The molecule has 0 saturated carbocycles. The molecule has 0 saturated heterocycles. The quantitative estimate of drug-likeness (QED) is 0.464. The molecule has 6 nitrogen and oxygen atoms in total. The van der Waals surface area contributed by atoms with Crippen LogP contribution in [-0.4, -0.2) is 18.2 Å². The lowest BCUT2D eigenvalue weighted by atomic mass is 9.93. The smallest absolute Gasteiger partial charge is 0.303 e. The van der Waals surface area contributed by atoms with Crippen LogP contribution in [0, 0.1) is 13.8 Å². The Balaban J connectivity index is 3.02. The van der Waals surface area contributed by atoms with Gasteiger partial charge < -0.3 is 9.84 Å². The molecule has 0 heterocycles. The number of carbonyl (C=O) groups is 1. The first kappa shape index (κ1) is 15.9. The Morgan fingerprint density at radius 1 is 1.45 bits per heavy atom. The lowest BCUT2D eigenvalue weighted by Crippen LogP contribution is -2.03. The van der Waals surface area contributed by atoms with Crippen LogP contribution in [0.4, 0.5) is 0 Å². The van der Waals surface area contributed by atoms with Gasteiger partial charge in [-0.3, -0.25) is 4.79 Å². The van der Waals surface area contributed by atoms with E-state index in [0.717, 1.165) is 22.4 Å². The van der Waals surface area contributed by atoms with Crippen molar-refractivity contribution in [3.63, 3.8) is 0 Å². The second-order valence-electron chi connectivity index (χ2n) is 4.68. The van der Waals surface area contributed by atoms with Crippen LogP contribution in [0.2, 0.25) is 0 Å². The van der Waals surface area contributed by atoms with Crippen molar-refractivity contribution in [3.05, 3.63) is 39.3 Å². The Kier molecular flexibility index (Phi) is 5.87. The Morgan fingerprint density at radius 2 is 2.05 bits per heavy atom. The van der Waals surface area contributed by atoms with Gasteiger partial charge in [0.05, 0.1) is 13.2 Å². The van der Waals surface area contributed by atoms with E-state index in [0.29, 0.717) is 12.8 Å². The zero-order valence-corrected chi connectivity index (χ0v) is 12.0. The SMILES string of the molecule is COc1cc(C)c(C(CCCC(=O)O)N=[N+]=[N-])c(C)c1. The number of carboxylic acids is 1. The molecule has 6 heteroatoms. The first-order valence-electron chi connectivity index (χ1n) is 6.40. The number of nitrogens with zero attached hydrogens (tertiary/aromatic N) is 3. The summed E-state index contributed by atoms with van der Waals surface area (Å²) in [5.74, 6) is -0.0816. The van der Waals surface area contributed by atoms with Crippen LogP contribution in [0.25, 0.3) is 10.4 Å². The molecule has 1 atom stereocenters. The van der Waals surface area contributed by atoms with Crippen LogP contribution >= 0.6 is 0 Å². The van der Waals surface area contributed by atoms with E-state index in [1.807, 2.05) is 26.0 Å². The zero-order valence-electron chi connectivity index (χ0n) is 12.0. The zero-order chi connectivity index (χ0) is 15.1. The van der Waals surface area contributed by atoms with E-state index >= 15 is 0 Å². The van der Waals surface area contributed by atoms with Crippen molar-refractivity contribution in [3.8, 4) is 5.75 Å². The molecule has 0 aliphatic carbocycles. The summed E-state index contributed by atoms with van der Waals surface area (Å²) >= 11 is 0. The van der Waals surface area contributed by atoms with Gasteiger partial charge in [-0.1, -0.05) is 5.11 Å². The summed E-state index contributed by atoms with van der Waals surface area (Å²) in [4.78, 5) is 13.5. The second-order valence-corrected chi connectivity index (χ2v) is 4.68. The van der Waals surface area contributed by atoms with Crippen LogP contribution in [0.1, 0.15) is 42.0 Å². The predicted molar refractivity (Wildman–Crippen MR) is 75.8 cm³/mol. The van der Waals surface area contributed by atoms with E-state index in [4.69, 9.17) is 15.4 Å². The molecule has 0 radical (unpaired) electrons. The average Bonchev–Trinajstić information content (AvgIpc) is 2.37. The normalized spacial score (nSPS) is 11.6. The molecular formula is C14H19N3O3. The predicted octanol–water partition coefficient (Wildman–Crippen LogP) is 3.92. The molecule has 0 aromatic heterocycles. The van der Waals surface area contributed by atoms with Crippen LogP contribution in [-0.2, 0) is 4.79 Å². The third-order valence-electron chi connectivity index (χ3n) is 3.20. The van der Waals surface area contributed by atoms with Crippen molar-refractivity contribution < 1.29 is 14.6 Å². The Hall–Kier alpha value is -2.20. The third-order valence-corrected chi connectivity index (χ3v) is 3.20. The number of hydrogen-bond acceptors (Lipinski definition) is 3. The Labute approximate surface area is 118 Å². The molecule has 1 rings (SSSR count).